The number of aliphatic imine (C=N–C) groups is 1. The molecule has 0 unspecified atom stereocenters. The number of halogens is 1. The van der Waals surface area contributed by atoms with Crippen molar-refractivity contribution in [1.82, 2.24) is 20.0 Å². The largest absolute Gasteiger partial charge is 0.357 e. The van der Waals surface area contributed by atoms with Crippen molar-refractivity contribution in [2.24, 2.45) is 12.0 Å². The number of alkyl halides is 1. The molecule has 0 bridgehead atoms. The van der Waals surface area contributed by atoms with E-state index in [1.807, 2.05) is 25.1 Å². The molecular weight excluding hydrogens is 287 g/mol. The standard InChI is InChI=1S/C14H23FN6O/c1-3-16-14(17-6-4-5-15)20-7-8-21(13(22)11-20)12-9-18-19(2)10-12/h9-10H,3-8,11H2,1-2H3,(H,16,17). The topological polar surface area (TPSA) is 65.8 Å². The van der Waals surface area contributed by atoms with Gasteiger partial charge >= 0.3 is 0 Å². The van der Waals surface area contributed by atoms with Gasteiger partial charge in [0.1, 0.15) is 6.54 Å². The molecule has 0 aromatic carbocycles. The normalized spacial score (nSPS) is 16.3. The fraction of sp³-hybridized carbons (Fsp3) is 0.643. The molecule has 22 heavy (non-hydrogen) atoms. The number of aryl methyl sites for hydroxylation is 1. The van der Waals surface area contributed by atoms with Gasteiger partial charge in [-0.25, -0.2) is 0 Å². The monoisotopic (exact) mass is 310 g/mol. The van der Waals surface area contributed by atoms with Gasteiger partial charge in [-0.2, -0.15) is 5.10 Å². The minimum absolute atomic E-state index is 0.00958. The minimum Gasteiger partial charge on any atom is -0.357 e. The first-order valence-corrected chi connectivity index (χ1v) is 7.54. The van der Waals surface area contributed by atoms with Crippen molar-refractivity contribution in [2.75, 3.05) is 44.3 Å². The van der Waals surface area contributed by atoms with Crippen LogP contribution >= 0.6 is 0 Å². The highest BCUT2D eigenvalue weighted by Crippen LogP contribution is 2.16. The molecule has 0 spiro atoms. The second-order valence-corrected chi connectivity index (χ2v) is 5.12. The van der Waals surface area contributed by atoms with E-state index in [4.69, 9.17) is 0 Å². The van der Waals surface area contributed by atoms with Crippen molar-refractivity contribution in [2.45, 2.75) is 13.3 Å². The molecule has 1 aromatic heterocycles. The number of carbonyl (C=O) groups excluding carboxylic acids is 1. The first-order chi connectivity index (χ1) is 10.7. The molecular formula is C14H23FN6O. The van der Waals surface area contributed by atoms with Gasteiger partial charge in [0.2, 0.25) is 5.91 Å². The average Bonchev–Trinajstić information content (AvgIpc) is 2.93. The van der Waals surface area contributed by atoms with Crippen LogP contribution < -0.4 is 10.2 Å². The third-order valence-electron chi connectivity index (χ3n) is 3.41. The van der Waals surface area contributed by atoms with Crippen LogP contribution in [0.25, 0.3) is 0 Å². The first kappa shape index (κ1) is 16.3. The molecule has 1 aliphatic rings. The average molecular weight is 310 g/mol. The molecule has 0 aliphatic carbocycles. The zero-order chi connectivity index (χ0) is 15.9. The van der Waals surface area contributed by atoms with Crippen LogP contribution in [0.15, 0.2) is 17.4 Å². The molecule has 0 atom stereocenters. The number of amides is 1. The Bertz CT molecular complexity index is 529. The Hall–Kier alpha value is -2.12. The van der Waals surface area contributed by atoms with E-state index in [-0.39, 0.29) is 19.1 Å². The van der Waals surface area contributed by atoms with E-state index in [0.29, 0.717) is 38.6 Å². The van der Waals surface area contributed by atoms with Crippen LogP contribution in [0.2, 0.25) is 0 Å². The summed E-state index contributed by atoms with van der Waals surface area (Å²) in [7, 11) is 1.82. The summed E-state index contributed by atoms with van der Waals surface area (Å²) in [5.41, 5.74) is 0.812. The Balaban J connectivity index is 2.00. The van der Waals surface area contributed by atoms with Crippen LogP contribution in [0.4, 0.5) is 10.1 Å². The molecule has 122 valence electrons. The lowest BCUT2D eigenvalue weighted by Crippen LogP contribution is -2.55. The molecule has 1 aliphatic heterocycles. The molecule has 2 rings (SSSR count). The van der Waals surface area contributed by atoms with E-state index >= 15 is 0 Å². The van der Waals surface area contributed by atoms with Crippen LogP contribution in [-0.4, -0.2) is 65.9 Å². The lowest BCUT2D eigenvalue weighted by atomic mass is 10.3. The number of carbonyl (C=O) groups is 1. The zero-order valence-corrected chi connectivity index (χ0v) is 13.1. The van der Waals surface area contributed by atoms with E-state index in [0.717, 1.165) is 5.69 Å². The van der Waals surface area contributed by atoms with Crippen molar-refractivity contribution < 1.29 is 9.18 Å². The van der Waals surface area contributed by atoms with E-state index in [2.05, 4.69) is 15.4 Å². The summed E-state index contributed by atoms with van der Waals surface area (Å²) in [4.78, 5) is 20.4. The molecule has 2 heterocycles. The third kappa shape index (κ3) is 3.96. The maximum absolute atomic E-state index is 12.4. The fourth-order valence-corrected chi connectivity index (χ4v) is 2.35. The first-order valence-electron chi connectivity index (χ1n) is 7.54. The van der Waals surface area contributed by atoms with Crippen LogP contribution in [0.1, 0.15) is 13.3 Å². The quantitative estimate of drug-likeness (QED) is 0.485. The van der Waals surface area contributed by atoms with E-state index in [1.54, 1.807) is 15.8 Å². The van der Waals surface area contributed by atoms with Crippen molar-refractivity contribution >= 4 is 17.6 Å². The third-order valence-corrected chi connectivity index (χ3v) is 3.41. The molecule has 1 aromatic rings. The van der Waals surface area contributed by atoms with Gasteiger partial charge in [-0.1, -0.05) is 0 Å². The Morgan fingerprint density at radius 3 is 2.91 bits per heavy atom. The predicted molar refractivity (Wildman–Crippen MR) is 83.7 cm³/mol. The van der Waals surface area contributed by atoms with Gasteiger partial charge in [0.25, 0.3) is 0 Å². The van der Waals surface area contributed by atoms with E-state index < -0.39 is 0 Å². The summed E-state index contributed by atoms with van der Waals surface area (Å²) in [6, 6.07) is 0. The van der Waals surface area contributed by atoms with E-state index in [9.17, 15) is 9.18 Å². The maximum Gasteiger partial charge on any atom is 0.246 e. The number of rotatable bonds is 5. The summed E-state index contributed by atoms with van der Waals surface area (Å²) in [6.45, 7) is 4.26. The van der Waals surface area contributed by atoms with Crippen molar-refractivity contribution in [1.29, 1.82) is 0 Å². The second-order valence-electron chi connectivity index (χ2n) is 5.12. The van der Waals surface area contributed by atoms with Gasteiger partial charge in [-0.3, -0.25) is 18.9 Å². The van der Waals surface area contributed by atoms with Gasteiger partial charge in [0.15, 0.2) is 5.96 Å². The highest BCUT2D eigenvalue weighted by Gasteiger charge is 2.27. The molecule has 7 nitrogen and oxygen atoms in total. The molecule has 0 radical (unpaired) electrons. The Morgan fingerprint density at radius 2 is 2.32 bits per heavy atom. The Kier molecular flexibility index (Phi) is 5.74. The summed E-state index contributed by atoms with van der Waals surface area (Å²) < 4.78 is 13.9. The van der Waals surface area contributed by atoms with Crippen molar-refractivity contribution in [3.05, 3.63) is 12.4 Å². The lowest BCUT2D eigenvalue weighted by Gasteiger charge is -2.35. The number of piperazine rings is 1. The summed E-state index contributed by atoms with van der Waals surface area (Å²) >= 11 is 0. The van der Waals surface area contributed by atoms with Crippen LogP contribution in [0.5, 0.6) is 0 Å². The number of hydrogen-bond donors (Lipinski definition) is 1. The molecule has 1 N–H and O–H groups in total. The van der Waals surface area contributed by atoms with Gasteiger partial charge in [-0.05, 0) is 13.3 Å². The zero-order valence-electron chi connectivity index (χ0n) is 13.1. The SMILES string of the molecule is CCNC(=NCCCF)N1CCN(c2cnn(C)c2)C(=O)C1. The van der Waals surface area contributed by atoms with Crippen molar-refractivity contribution in [3.8, 4) is 0 Å². The predicted octanol–water partition coefficient (Wildman–Crippen LogP) is 0.394. The molecule has 1 fully saturated rings. The van der Waals surface area contributed by atoms with Gasteiger partial charge in [0, 0.05) is 39.4 Å². The summed E-state index contributed by atoms with van der Waals surface area (Å²) in [5.74, 6) is 0.686. The number of hydrogen-bond acceptors (Lipinski definition) is 3. The fourth-order valence-electron chi connectivity index (χ4n) is 2.35. The summed E-state index contributed by atoms with van der Waals surface area (Å²) in [5, 5.41) is 7.25. The van der Waals surface area contributed by atoms with Crippen LogP contribution in [-0.2, 0) is 11.8 Å². The number of nitrogens with zero attached hydrogens (tertiary/aromatic N) is 5. The Morgan fingerprint density at radius 1 is 1.50 bits per heavy atom. The maximum atomic E-state index is 12.4. The van der Waals surface area contributed by atoms with Gasteiger partial charge in [0.05, 0.1) is 18.6 Å². The number of nitrogens with one attached hydrogen (secondary N) is 1. The molecule has 8 heteroatoms. The highest BCUT2D eigenvalue weighted by atomic mass is 19.1. The van der Waals surface area contributed by atoms with Crippen LogP contribution in [0, 0.1) is 0 Å². The van der Waals surface area contributed by atoms with E-state index in [1.165, 1.54) is 0 Å². The lowest BCUT2D eigenvalue weighted by molar-refractivity contribution is -0.120. The number of aromatic nitrogens is 2. The molecule has 1 saturated heterocycles. The highest BCUT2D eigenvalue weighted by molar-refractivity contribution is 5.98. The Labute approximate surface area is 129 Å². The molecule has 1 amide bonds. The van der Waals surface area contributed by atoms with Crippen molar-refractivity contribution in [3.63, 3.8) is 0 Å². The summed E-state index contributed by atoms with van der Waals surface area (Å²) in [6.07, 6.45) is 3.92. The second kappa shape index (κ2) is 7.77. The smallest absolute Gasteiger partial charge is 0.246 e. The molecule has 0 saturated carbocycles. The van der Waals surface area contributed by atoms with Crippen LogP contribution in [0.3, 0.4) is 0 Å². The van der Waals surface area contributed by atoms with Gasteiger partial charge < -0.3 is 15.1 Å². The number of guanidine groups is 1. The minimum atomic E-state index is -0.378. The number of anilines is 1. The van der Waals surface area contributed by atoms with Gasteiger partial charge in [-0.15, -0.1) is 0 Å².